The molecule has 1 rings (SSSR count). The maximum absolute atomic E-state index is 12.1. The summed E-state index contributed by atoms with van der Waals surface area (Å²) in [6.45, 7) is 14.4. The molecule has 0 aromatic heterocycles. The van der Waals surface area contributed by atoms with Crippen molar-refractivity contribution in [2.24, 2.45) is 11.3 Å². The van der Waals surface area contributed by atoms with E-state index in [0.717, 1.165) is 0 Å². The van der Waals surface area contributed by atoms with Gasteiger partial charge in [0.15, 0.2) is 0 Å². The van der Waals surface area contributed by atoms with E-state index in [4.69, 9.17) is 9.47 Å². The Hall–Kier alpha value is -1.80. The molecule has 0 radical (unpaired) electrons. The van der Waals surface area contributed by atoms with Gasteiger partial charge in [-0.05, 0) is 40.5 Å². The minimum Gasteiger partial charge on any atom is -0.380 e. The number of Topliss-reactive ketones (excluding diaryl/α,β-unsaturated/α-hetero) is 1. The van der Waals surface area contributed by atoms with Crippen LogP contribution in [0, 0.1) is 11.3 Å². The molecule has 0 aromatic rings. The Morgan fingerprint density at radius 3 is 2.39 bits per heavy atom. The van der Waals surface area contributed by atoms with Crippen molar-refractivity contribution in [3.63, 3.8) is 0 Å². The Morgan fingerprint density at radius 2 is 1.84 bits per heavy atom. The lowest BCUT2D eigenvalue weighted by Gasteiger charge is -2.27. The van der Waals surface area contributed by atoms with E-state index in [-0.39, 0.29) is 60.5 Å². The second-order valence-electron chi connectivity index (χ2n) is 9.85. The average Bonchev–Trinajstić information content (AvgIpc) is 2.88. The zero-order chi connectivity index (χ0) is 23.8. The molecule has 178 valence electrons. The van der Waals surface area contributed by atoms with Gasteiger partial charge in [0.2, 0.25) is 17.7 Å². The van der Waals surface area contributed by atoms with Crippen molar-refractivity contribution in [2.75, 3.05) is 26.4 Å². The zero-order valence-electron chi connectivity index (χ0n) is 20.2. The number of likely N-dealkylation sites (tertiary alicyclic amines) is 1. The van der Waals surface area contributed by atoms with E-state index in [1.807, 2.05) is 34.6 Å². The van der Waals surface area contributed by atoms with E-state index < -0.39 is 5.41 Å². The summed E-state index contributed by atoms with van der Waals surface area (Å²) in [4.78, 5) is 48.5. The number of hydrogen-bond acceptors (Lipinski definition) is 6. The number of ketones is 1. The summed E-state index contributed by atoms with van der Waals surface area (Å²) in [5, 5.41) is 2.89. The lowest BCUT2D eigenvalue weighted by Crippen LogP contribution is -2.38. The summed E-state index contributed by atoms with van der Waals surface area (Å²) < 4.78 is 11.6. The molecule has 2 atom stereocenters. The fourth-order valence-electron chi connectivity index (χ4n) is 3.05. The van der Waals surface area contributed by atoms with Gasteiger partial charge in [-0.15, -0.1) is 0 Å². The minimum absolute atomic E-state index is 0.0835. The van der Waals surface area contributed by atoms with E-state index in [9.17, 15) is 19.2 Å². The smallest absolute Gasteiger partial charge is 0.232 e. The van der Waals surface area contributed by atoms with Crippen LogP contribution >= 0.6 is 0 Å². The summed E-state index contributed by atoms with van der Waals surface area (Å²) >= 11 is 0. The van der Waals surface area contributed by atoms with Gasteiger partial charge in [-0.2, -0.15) is 0 Å². The number of nitrogens with one attached hydrogen (secondary N) is 1. The predicted molar refractivity (Wildman–Crippen MR) is 117 cm³/mol. The van der Waals surface area contributed by atoms with E-state index in [1.54, 1.807) is 13.8 Å². The zero-order valence-corrected chi connectivity index (χ0v) is 20.2. The topological polar surface area (TPSA) is 102 Å². The summed E-state index contributed by atoms with van der Waals surface area (Å²) in [7, 11) is 0. The third-order valence-electron chi connectivity index (χ3n) is 5.75. The van der Waals surface area contributed by atoms with Gasteiger partial charge < -0.3 is 14.8 Å². The molecule has 2 unspecified atom stereocenters. The maximum Gasteiger partial charge on any atom is 0.232 e. The third kappa shape index (κ3) is 9.47. The molecule has 8 nitrogen and oxygen atoms in total. The number of rotatable bonds is 14. The Labute approximate surface area is 186 Å². The first-order chi connectivity index (χ1) is 14.2. The molecule has 0 aromatic carbocycles. The highest BCUT2D eigenvalue weighted by atomic mass is 16.5. The molecular weight excluding hydrogens is 400 g/mol. The van der Waals surface area contributed by atoms with E-state index in [0.29, 0.717) is 32.7 Å². The Kier molecular flexibility index (Phi) is 10.3. The highest BCUT2D eigenvalue weighted by Crippen LogP contribution is 2.20. The number of carbonyl (C=O) groups excluding carboxylic acids is 4. The molecule has 1 fully saturated rings. The summed E-state index contributed by atoms with van der Waals surface area (Å²) in [6.07, 6.45) is 1.67. The van der Waals surface area contributed by atoms with Crippen LogP contribution in [0.5, 0.6) is 0 Å². The Balaban J connectivity index is 2.22. The van der Waals surface area contributed by atoms with Crippen molar-refractivity contribution in [3.8, 4) is 0 Å². The van der Waals surface area contributed by atoms with E-state index in [2.05, 4.69) is 5.32 Å². The van der Waals surface area contributed by atoms with Gasteiger partial charge in [-0.25, -0.2) is 0 Å². The average molecular weight is 441 g/mol. The van der Waals surface area contributed by atoms with Crippen molar-refractivity contribution >= 4 is 23.5 Å². The van der Waals surface area contributed by atoms with Crippen molar-refractivity contribution < 1.29 is 28.7 Å². The number of nitrogens with zero attached hydrogens (tertiary/aromatic N) is 1. The standard InChI is InChI=1S/C23H40N2O6/c1-16-14-20(28)25(21(16)29)11-8-19(27)24-17(2)9-12-31-23(6,7)10-13-30-15-22(4,5)18(3)26/h16-17H,8-15H2,1-7H3,(H,24,27). The van der Waals surface area contributed by atoms with Crippen LogP contribution in [0.25, 0.3) is 0 Å². The molecule has 0 spiro atoms. The first kappa shape index (κ1) is 27.2. The minimum atomic E-state index is -0.480. The number of amides is 3. The molecule has 1 saturated heterocycles. The fourth-order valence-corrected chi connectivity index (χ4v) is 3.05. The molecule has 0 aliphatic carbocycles. The van der Waals surface area contributed by atoms with Crippen LogP contribution in [0.15, 0.2) is 0 Å². The summed E-state index contributed by atoms with van der Waals surface area (Å²) in [5.41, 5.74) is -0.858. The molecule has 1 aliphatic heterocycles. The molecule has 0 bridgehead atoms. The first-order valence-corrected chi connectivity index (χ1v) is 11.1. The van der Waals surface area contributed by atoms with Crippen molar-refractivity contribution in [1.82, 2.24) is 10.2 Å². The van der Waals surface area contributed by atoms with Crippen LogP contribution in [0.2, 0.25) is 0 Å². The second-order valence-corrected chi connectivity index (χ2v) is 9.85. The van der Waals surface area contributed by atoms with Crippen LogP contribution in [-0.4, -0.2) is 66.4 Å². The van der Waals surface area contributed by atoms with Crippen LogP contribution in [0.1, 0.15) is 74.1 Å². The molecule has 1 heterocycles. The van der Waals surface area contributed by atoms with Crippen molar-refractivity contribution in [2.45, 2.75) is 85.8 Å². The number of imide groups is 1. The molecule has 1 N–H and O–H groups in total. The third-order valence-corrected chi connectivity index (χ3v) is 5.75. The van der Waals surface area contributed by atoms with Crippen LogP contribution in [-0.2, 0) is 28.7 Å². The Bertz CT molecular complexity index is 658. The van der Waals surface area contributed by atoms with Gasteiger partial charge in [0.05, 0.1) is 12.2 Å². The number of hydrogen-bond donors (Lipinski definition) is 1. The SMILES string of the molecule is CC(=O)C(C)(C)COCCC(C)(C)OCCC(C)NC(=O)CCN1C(=O)CC(C)C1=O. The van der Waals surface area contributed by atoms with Gasteiger partial charge in [0.25, 0.3) is 0 Å². The fraction of sp³-hybridized carbons (Fsp3) is 0.826. The number of ether oxygens (including phenoxy) is 2. The lowest BCUT2D eigenvalue weighted by molar-refractivity contribution is -0.139. The lowest BCUT2D eigenvalue weighted by atomic mass is 9.90. The molecule has 0 saturated carbocycles. The Morgan fingerprint density at radius 1 is 1.19 bits per heavy atom. The van der Waals surface area contributed by atoms with Gasteiger partial charge in [-0.3, -0.25) is 24.1 Å². The van der Waals surface area contributed by atoms with E-state index >= 15 is 0 Å². The highest BCUT2D eigenvalue weighted by Gasteiger charge is 2.35. The van der Waals surface area contributed by atoms with Crippen molar-refractivity contribution in [3.05, 3.63) is 0 Å². The van der Waals surface area contributed by atoms with Crippen LogP contribution in [0.4, 0.5) is 0 Å². The largest absolute Gasteiger partial charge is 0.380 e. The summed E-state index contributed by atoms with van der Waals surface area (Å²) in [6, 6.07) is -0.0835. The summed E-state index contributed by atoms with van der Waals surface area (Å²) in [5.74, 6) is -0.778. The van der Waals surface area contributed by atoms with Crippen LogP contribution < -0.4 is 5.32 Å². The van der Waals surface area contributed by atoms with Gasteiger partial charge in [-0.1, -0.05) is 20.8 Å². The normalized spacial score (nSPS) is 18.4. The van der Waals surface area contributed by atoms with Crippen LogP contribution in [0.3, 0.4) is 0 Å². The van der Waals surface area contributed by atoms with Crippen molar-refractivity contribution in [1.29, 1.82) is 0 Å². The monoisotopic (exact) mass is 440 g/mol. The van der Waals surface area contributed by atoms with E-state index in [1.165, 1.54) is 4.90 Å². The van der Waals surface area contributed by atoms with Gasteiger partial charge in [0.1, 0.15) is 5.78 Å². The number of carbonyl (C=O) groups is 4. The quantitative estimate of drug-likeness (QED) is 0.329. The molecule has 3 amide bonds. The highest BCUT2D eigenvalue weighted by molar-refractivity contribution is 6.03. The molecule has 8 heteroatoms. The predicted octanol–water partition coefficient (Wildman–Crippen LogP) is 2.48. The second kappa shape index (κ2) is 11.7. The first-order valence-electron chi connectivity index (χ1n) is 11.1. The maximum atomic E-state index is 12.1. The molecule has 31 heavy (non-hydrogen) atoms. The van der Waals surface area contributed by atoms with Gasteiger partial charge >= 0.3 is 0 Å². The molecular formula is C23H40N2O6. The van der Waals surface area contributed by atoms with Gasteiger partial charge in [0, 0.05) is 50.0 Å². The molecule has 1 aliphatic rings.